The number of fused-ring (bicyclic) bond motifs is 10. The van der Waals surface area contributed by atoms with Crippen LogP contribution in [0.5, 0.6) is 0 Å². The lowest BCUT2D eigenvalue weighted by Crippen LogP contribution is -2.36. The molecule has 2 aliphatic rings. The number of nitrogens with zero attached hydrogens (tertiary/aromatic N) is 2. The molecule has 0 fully saturated rings. The van der Waals surface area contributed by atoms with Crippen molar-refractivity contribution in [3.63, 3.8) is 0 Å². The zero-order chi connectivity index (χ0) is 41.6. The normalized spacial score (nSPS) is 13.3. The minimum absolute atomic E-state index is 0.596. The molecule has 1 spiro atoms. The highest BCUT2D eigenvalue weighted by atomic mass is 15.2. The number of para-hydroxylation sites is 3. The minimum Gasteiger partial charge on any atom is -0.310 e. The van der Waals surface area contributed by atoms with E-state index in [0.717, 1.165) is 45.3 Å². The number of benzene rings is 9. The number of hydrogen-bond acceptors (Lipinski definition) is 2. The maximum Gasteiger partial charge on any atom is 0.0754 e. The van der Waals surface area contributed by atoms with Crippen LogP contribution < -0.4 is 9.80 Å². The van der Waals surface area contributed by atoms with Crippen LogP contribution in [0.4, 0.5) is 34.1 Å². The quantitative estimate of drug-likeness (QED) is 0.141. The molecule has 0 amide bonds. The van der Waals surface area contributed by atoms with Gasteiger partial charge in [-0.2, -0.15) is 0 Å². The third-order valence-corrected chi connectivity index (χ3v) is 12.7. The Morgan fingerprint density at radius 2 is 1.10 bits per heavy atom. The molecule has 1 aliphatic heterocycles. The van der Waals surface area contributed by atoms with Crippen molar-refractivity contribution in [3.05, 3.63) is 271 Å². The molecule has 0 atom stereocenters. The zero-order valence-corrected chi connectivity index (χ0v) is 34.6. The summed E-state index contributed by atoms with van der Waals surface area (Å²) in [6.07, 6.45) is 8.28. The van der Waals surface area contributed by atoms with Gasteiger partial charge in [-0.25, -0.2) is 0 Å². The Morgan fingerprint density at radius 1 is 0.500 bits per heavy atom. The van der Waals surface area contributed by atoms with E-state index in [4.69, 9.17) is 0 Å². The van der Waals surface area contributed by atoms with E-state index >= 15 is 0 Å². The summed E-state index contributed by atoms with van der Waals surface area (Å²) >= 11 is 0. The first-order valence-corrected chi connectivity index (χ1v) is 21.4. The van der Waals surface area contributed by atoms with Gasteiger partial charge in [0.15, 0.2) is 0 Å². The molecule has 62 heavy (non-hydrogen) atoms. The highest BCUT2D eigenvalue weighted by Gasteiger charge is 2.52. The molecule has 0 saturated carbocycles. The van der Waals surface area contributed by atoms with Crippen LogP contribution in [0.15, 0.2) is 243 Å². The summed E-state index contributed by atoms with van der Waals surface area (Å²) in [7, 11) is 0. The number of allylic oxidation sites excluding steroid dienone is 5. The molecule has 1 heterocycles. The van der Waals surface area contributed by atoms with E-state index in [2.05, 4.69) is 247 Å². The SMILES string of the molecule is C=C(/C=C\C=C/C)c1ccc2c(c1)C1(c3cc(-c4ccccc4)ccc3-2)c2ccccc2N(c2ccc(N(c3ccccc3)c3cccc4ccccc34)cc2)c2ccccc21. The lowest BCUT2D eigenvalue weighted by molar-refractivity contribution is 0.752. The van der Waals surface area contributed by atoms with E-state index in [-0.39, 0.29) is 0 Å². The van der Waals surface area contributed by atoms with Crippen LogP contribution in [0.2, 0.25) is 0 Å². The first-order chi connectivity index (χ1) is 30.6. The van der Waals surface area contributed by atoms with Crippen molar-refractivity contribution >= 4 is 50.5 Å². The van der Waals surface area contributed by atoms with Gasteiger partial charge in [0.1, 0.15) is 0 Å². The third-order valence-electron chi connectivity index (χ3n) is 12.7. The van der Waals surface area contributed by atoms with E-state index in [1.165, 1.54) is 55.3 Å². The first kappa shape index (κ1) is 37.1. The molecule has 2 nitrogen and oxygen atoms in total. The van der Waals surface area contributed by atoms with Gasteiger partial charge in [-0.3, -0.25) is 0 Å². The second-order valence-corrected chi connectivity index (χ2v) is 16.1. The molecule has 0 aromatic heterocycles. The van der Waals surface area contributed by atoms with E-state index in [1.54, 1.807) is 0 Å². The molecule has 1 aliphatic carbocycles. The minimum atomic E-state index is -0.596. The molecule has 0 bridgehead atoms. The Balaban J connectivity index is 1.11. The van der Waals surface area contributed by atoms with Crippen LogP contribution in [0, 0.1) is 0 Å². The smallest absolute Gasteiger partial charge is 0.0754 e. The summed E-state index contributed by atoms with van der Waals surface area (Å²) in [5.74, 6) is 0. The predicted molar refractivity (Wildman–Crippen MR) is 263 cm³/mol. The van der Waals surface area contributed by atoms with Gasteiger partial charge in [-0.15, -0.1) is 0 Å². The topological polar surface area (TPSA) is 6.48 Å². The first-order valence-electron chi connectivity index (χ1n) is 21.4. The largest absolute Gasteiger partial charge is 0.310 e. The van der Waals surface area contributed by atoms with Crippen LogP contribution in [-0.4, -0.2) is 0 Å². The van der Waals surface area contributed by atoms with Crippen LogP contribution >= 0.6 is 0 Å². The van der Waals surface area contributed by atoms with Crippen LogP contribution in [-0.2, 0) is 5.41 Å². The average Bonchev–Trinajstić information content (AvgIpc) is 3.62. The zero-order valence-electron chi connectivity index (χ0n) is 34.6. The number of hydrogen-bond donors (Lipinski definition) is 0. The maximum absolute atomic E-state index is 4.54. The summed E-state index contributed by atoms with van der Waals surface area (Å²) in [4.78, 5) is 4.83. The summed E-state index contributed by atoms with van der Waals surface area (Å²) in [5, 5.41) is 2.42. The van der Waals surface area contributed by atoms with E-state index in [1.807, 2.05) is 13.0 Å². The van der Waals surface area contributed by atoms with Crippen molar-refractivity contribution < 1.29 is 0 Å². The standard InChI is InChI=1S/C60H44N2/c1-3-4-7-19-42(2)45-32-38-51-52-39-33-46(43-20-8-5-9-21-43)41-56(52)60(55(51)40-45)53-27-14-16-29-58(53)62(59-30-17-15-28-54(59)60)49-36-34-48(35-37-49)61(47-24-10-6-11-25-47)57-31-18-23-44-22-12-13-26-50(44)57/h3-41H,2H2,1H3/b4-3-,19-7-. The Labute approximate surface area is 364 Å². The molecule has 0 radical (unpaired) electrons. The second kappa shape index (κ2) is 15.3. The molecule has 11 rings (SSSR count). The number of rotatable bonds is 8. The van der Waals surface area contributed by atoms with Crippen LogP contribution in [0.1, 0.15) is 34.7 Å². The van der Waals surface area contributed by atoms with Gasteiger partial charge in [-0.05, 0) is 135 Å². The molecule has 9 aromatic carbocycles. The lowest BCUT2D eigenvalue weighted by atomic mass is 9.64. The van der Waals surface area contributed by atoms with Crippen LogP contribution in [0.3, 0.4) is 0 Å². The van der Waals surface area contributed by atoms with E-state index in [9.17, 15) is 0 Å². The highest BCUT2D eigenvalue weighted by molar-refractivity contribution is 6.00. The van der Waals surface area contributed by atoms with Crippen molar-refractivity contribution in [1.29, 1.82) is 0 Å². The fourth-order valence-corrected chi connectivity index (χ4v) is 9.98. The fraction of sp³-hybridized carbons (Fsp3) is 0.0333. The van der Waals surface area contributed by atoms with Gasteiger partial charge in [-0.1, -0.05) is 176 Å². The molecule has 9 aromatic rings. The molecular weight excluding hydrogens is 749 g/mol. The third kappa shape index (κ3) is 5.87. The van der Waals surface area contributed by atoms with Gasteiger partial charge in [0.25, 0.3) is 0 Å². The van der Waals surface area contributed by atoms with Gasteiger partial charge >= 0.3 is 0 Å². The molecule has 0 saturated heterocycles. The van der Waals surface area contributed by atoms with Crippen molar-refractivity contribution in [2.75, 3.05) is 9.80 Å². The van der Waals surface area contributed by atoms with E-state index < -0.39 is 5.41 Å². The molecule has 0 N–H and O–H groups in total. The molecule has 294 valence electrons. The number of anilines is 6. The van der Waals surface area contributed by atoms with E-state index in [0.29, 0.717) is 0 Å². The fourth-order valence-electron chi connectivity index (χ4n) is 9.98. The molecule has 2 heteroatoms. The predicted octanol–water partition coefficient (Wildman–Crippen LogP) is 16.3. The summed E-state index contributed by atoms with van der Waals surface area (Å²) < 4.78 is 0. The maximum atomic E-state index is 4.54. The van der Waals surface area contributed by atoms with Crippen LogP contribution in [0.25, 0.3) is 38.6 Å². The van der Waals surface area contributed by atoms with Crippen molar-refractivity contribution in [2.24, 2.45) is 0 Å². The van der Waals surface area contributed by atoms with Crippen molar-refractivity contribution in [3.8, 4) is 22.3 Å². The Hall–Kier alpha value is -7.94. The summed E-state index contributed by atoms with van der Waals surface area (Å²) in [6.45, 7) is 6.58. The Kier molecular flexibility index (Phi) is 9.13. The summed E-state index contributed by atoms with van der Waals surface area (Å²) in [5.41, 5.74) is 18.3. The van der Waals surface area contributed by atoms with Crippen molar-refractivity contribution in [2.45, 2.75) is 12.3 Å². The van der Waals surface area contributed by atoms with Gasteiger partial charge in [0.05, 0.1) is 22.5 Å². The highest BCUT2D eigenvalue weighted by Crippen LogP contribution is 2.64. The Morgan fingerprint density at radius 3 is 1.82 bits per heavy atom. The summed E-state index contributed by atoms with van der Waals surface area (Å²) in [6, 6.07) is 77.9. The monoisotopic (exact) mass is 792 g/mol. The van der Waals surface area contributed by atoms with Gasteiger partial charge in [0, 0.05) is 22.4 Å². The van der Waals surface area contributed by atoms with Crippen molar-refractivity contribution in [1.82, 2.24) is 0 Å². The second-order valence-electron chi connectivity index (χ2n) is 16.1. The Bertz CT molecular complexity index is 3160. The average molecular weight is 793 g/mol. The van der Waals surface area contributed by atoms with Gasteiger partial charge < -0.3 is 9.80 Å². The molecule has 0 unspecified atom stereocenters. The molecular formula is C60H44N2. The van der Waals surface area contributed by atoms with Gasteiger partial charge in [0.2, 0.25) is 0 Å². The lowest BCUT2D eigenvalue weighted by Gasteiger charge is -2.45.